The fourth-order valence-corrected chi connectivity index (χ4v) is 7.48. The number of likely N-dealkylation sites (tertiary alicyclic amines) is 3. The normalized spacial score (nSPS) is 37.4. The lowest BCUT2D eigenvalue weighted by Crippen LogP contribution is -2.70. The number of aliphatic hydroxyl groups is 1. The van der Waals surface area contributed by atoms with E-state index in [1.54, 1.807) is 6.07 Å². The van der Waals surface area contributed by atoms with Crippen molar-refractivity contribution in [3.05, 3.63) is 23.3 Å². The number of amides is 1. The third-order valence-corrected chi connectivity index (χ3v) is 9.67. The van der Waals surface area contributed by atoms with Crippen molar-refractivity contribution < 1.29 is 24.1 Å². The number of aromatic hydroxyl groups is 1. The van der Waals surface area contributed by atoms with Gasteiger partial charge in [-0.1, -0.05) is 6.07 Å². The van der Waals surface area contributed by atoms with Gasteiger partial charge >= 0.3 is 0 Å². The van der Waals surface area contributed by atoms with Gasteiger partial charge in [0.2, 0.25) is 5.91 Å². The summed E-state index contributed by atoms with van der Waals surface area (Å²) in [7, 11) is 0. The smallest absolute Gasteiger partial charge is 0.236 e. The molecular weight excluding hydrogens is 449 g/mol. The average Bonchev–Trinajstić information content (AvgIpc) is 3.48. The first kappa shape index (κ1) is 23.5. The highest BCUT2D eigenvalue weighted by molar-refractivity contribution is 5.78. The van der Waals surface area contributed by atoms with Crippen molar-refractivity contribution >= 4 is 5.91 Å². The number of carbonyl (C=O) groups is 1. The molecule has 5 atom stereocenters. The number of ether oxygens (including phenoxy) is 1. The number of hydrogen-bond acceptors (Lipinski definition) is 6. The molecule has 8 heteroatoms. The molecule has 192 valence electrons. The summed E-state index contributed by atoms with van der Waals surface area (Å²) in [4.78, 5) is 19.5. The summed E-state index contributed by atoms with van der Waals surface area (Å²) in [5.74, 6) is 1.23. The van der Waals surface area contributed by atoms with Crippen LogP contribution in [0.15, 0.2) is 12.1 Å². The maximum Gasteiger partial charge on any atom is 0.236 e. The molecule has 3 saturated heterocycles. The van der Waals surface area contributed by atoms with Gasteiger partial charge < -0.3 is 19.8 Å². The molecule has 4 aliphatic heterocycles. The van der Waals surface area contributed by atoms with E-state index in [2.05, 4.69) is 11.8 Å². The number of halogens is 1. The molecule has 7 nitrogen and oxygen atoms in total. The molecule has 1 aromatic rings. The van der Waals surface area contributed by atoms with E-state index >= 15 is 0 Å². The van der Waals surface area contributed by atoms with Crippen molar-refractivity contribution in [3.8, 4) is 11.5 Å². The molecule has 5 aliphatic rings. The number of alkyl halides is 1. The fraction of sp³-hybridized carbons (Fsp3) is 0.741. The van der Waals surface area contributed by atoms with E-state index < -0.39 is 23.3 Å². The summed E-state index contributed by atoms with van der Waals surface area (Å²) in [5, 5.41) is 23.4. The zero-order valence-electron chi connectivity index (χ0n) is 20.9. The minimum absolute atomic E-state index is 0.0421. The zero-order chi connectivity index (χ0) is 24.5. The van der Waals surface area contributed by atoms with Crippen molar-refractivity contribution in [2.45, 2.75) is 75.3 Å². The number of piperidine rings is 1. The van der Waals surface area contributed by atoms with E-state index in [9.17, 15) is 19.4 Å². The second-order valence-corrected chi connectivity index (χ2v) is 11.7. The lowest BCUT2D eigenvalue weighted by molar-refractivity contribution is -0.151. The highest BCUT2D eigenvalue weighted by Crippen LogP contribution is 2.60. The van der Waals surface area contributed by atoms with Crippen LogP contribution in [-0.2, 0) is 10.2 Å². The van der Waals surface area contributed by atoms with Gasteiger partial charge in [-0.2, -0.15) is 0 Å². The number of hydrogen-bond donors (Lipinski definition) is 2. The molecule has 1 aromatic carbocycles. The van der Waals surface area contributed by atoms with Crippen LogP contribution in [0, 0.1) is 12.8 Å². The Bertz CT molecular complexity index is 1020. The predicted octanol–water partition coefficient (Wildman–Crippen LogP) is 2.21. The fourth-order valence-electron chi connectivity index (χ4n) is 7.48. The minimum Gasteiger partial charge on any atom is -0.504 e. The zero-order valence-corrected chi connectivity index (χ0v) is 20.9. The Morgan fingerprint density at radius 3 is 2.69 bits per heavy atom. The Labute approximate surface area is 206 Å². The van der Waals surface area contributed by atoms with E-state index in [0.717, 1.165) is 30.6 Å². The van der Waals surface area contributed by atoms with Gasteiger partial charge in [0.1, 0.15) is 12.3 Å². The summed E-state index contributed by atoms with van der Waals surface area (Å²) in [6, 6.07) is 3.46. The van der Waals surface area contributed by atoms with Crippen LogP contribution in [0.4, 0.5) is 4.39 Å². The molecule has 4 fully saturated rings. The molecule has 35 heavy (non-hydrogen) atoms. The number of phenolic OH excluding ortho intramolecular Hbond substituents is 1. The first-order valence-electron chi connectivity index (χ1n) is 13.3. The quantitative estimate of drug-likeness (QED) is 0.678. The Hall–Kier alpha value is -1.90. The molecule has 1 amide bonds. The predicted molar refractivity (Wildman–Crippen MR) is 129 cm³/mol. The molecular formula is C27H38FN3O4. The summed E-state index contributed by atoms with van der Waals surface area (Å²) in [6.07, 6.45) is 2.85. The maximum absolute atomic E-state index is 13.7. The van der Waals surface area contributed by atoms with E-state index in [4.69, 9.17) is 4.74 Å². The van der Waals surface area contributed by atoms with Crippen molar-refractivity contribution in [2.75, 3.05) is 45.8 Å². The number of aryl methyl sites for hydroxylation is 1. The van der Waals surface area contributed by atoms with Gasteiger partial charge in [-0.3, -0.25) is 14.6 Å². The largest absolute Gasteiger partial charge is 0.504 e. The average molecular weight is 488 g/mol. The molecule has 3 unspecified atom stereocenters. The van der Waals surface area contributed by atoms with Gasteiger partial charge in [0.15, 0.2) is 11.5 Å². The van der Waals surface area contributed by atoms with E-state index in [1.807, 2.05) is 22.8 Å². The van der Waals surface area contributed by atoms with Crippen molar-refractivity contribution in [3.63, 3.8) is 0 Å². The molecule has 1 aliphatic carbocycles. The van der Waals surface area contributed by atoms with Gasteiger partial charge in [0.05, 0.1) is 24.1 Å². The summed E-state index contributed by atoms with van der Waals surface area (Å²) in [5.41, 5.74) is 0.114. The second kappa shape index (κ2) is 8.32. The van der Waals surface area contributed by atoms with Crippen LogP contribution in [0.1, 0.15) is 50.2 Å². The van der Waals surface area contributed by atoms with Crippen LogP contribution in [0.25, 0.3) is 0 Å². The molecule has 6 rings (SSSR count). The Morgan fingerprint density at radius 2 is 1.97 bits per heavy atom. The molecule has 0 bridgehead atoms. The molecule has 2 N–H and O–H groups in total. The number of nitrogens with zero attached hydrogens (tertiary/aromatic N) is 3. The van der Waals surface area contributed by atoms with Crippen LogP contribution < -0.4 is 4.74 Å². The summed E-state index contributed by atoms with van der Waals surface area (Å²) >= 11 is 0. The monoisotopic (exact) mass is 487 g/mol. The molecule has 1 saturated carbocycles. The number of rotatable bonds is 4. The lowest BCUT2D eigenvalue weighted by atomic mass is 9.56. The van der Waals surface area contributed by atoms with Gasteiger partial charge in [0.25, 0.3) is 0 Å². The summed E-state index contributed by atoms with van der Waals surface area (Å²) < 4.78 is 20.2. The second-order valence-electron chi connectivity index (χ2n) is 11.7. The number of fused-ring (bicyclic) bond motifs is 1. The van der Waals surface area contributed by atoms with Crippen molar-refractivity contribution in [2.24, 2.45) is 5.92 Å². The lowest BCUT2D eigenvalue weighted by Gasteiger charge is -2.57. The van der Waals surface area contributed by atoms with Crippen molar-refractivity contribution in [1.82, 2.24) is 14.7 Å². The molecule has 4 heterocycles. The van der Waals surface area contributed by atoms with Crippen molar-refractivity contribution in [1.29, 1.82) is 0 Å². The van der Waals surface area contributed by atoms with E-state index in [0.29, 0.717) is 50.7 Å². The summed E-state index contributed by atoms with van der Waals surface area (Å²) in [6.45, 7) is 7.90. The highest BCUT2D eigenvalue weighted by Gasteiger charge is 2.68. The molecule has 1 spiro atoms. The standard InChI is InChI=1S/C27H38FN3O4/c1-17-3-6-21(32)25-24(17)26-8-11-30(13-19-4-5-19)18(2)27(26,34)9-12-31(15-22(26)35-25)23(33)16-29-10-7-20(28)14-29/h3,6,18-20,22,32,34H,4-5,7-16H2,1-2H3/t18?,20-,22+,26?,27?/m1/s1. The van der Waals surface area contributed by atoms with Crippen LogP contribution >= 0.6 is 0 Å². The number of phenols is 1. The van der Waals surface area contributed by atoms with Gasteiger partial charge in [-0.05, 0) is 70.0 Å². The van der Waals surface area contributed by atoms with Gasteiger partial charge in [-0.25, -0.2) is 4.39 Å². The Kier molecular flexibility index (Phi) is 5.58. The number of carbonyl (C=O) groups excluding carboxylic acids is 1. The minimum atomic E-state index is -1.11. The van der Waals surface area contributed by atoms with Crippen LogP contribution in [0.5, 0.6) is 11.5 Å². The van der Waals surface area contributed by atoms with Gasteiger partial charge in [0, 0.05) is 37.8 Å². The van der Waals surface area contributed by atoms with Crippen LogP contribution in [0.3, 0.4) is 0 Å². The topological polar surface area (TPSA) is 76.5 Å². The van der Waals surface area contributed by atoms with E-state index in [1.165, 1.54) is 12.8 Å². The third-order valence-electron chi connectivity index (χ3n) is 9.67. The SMILES string of the molecule is Cc1ccc(O)c2c1C13CCN(CC4CC4)C(C)C1(O)CCN(C(=O)CN1CC[C@@H](F)C1)C[C@@H]3O2. The highest BCUT2D eigenvalue weighted by atomic mass is 19.1. The Morgan fingerprint density at radius 1 is 1.17 bits per heavy atom. The Balaban J connectivity index is 1.37. The van der Waals surface area contributed by atoms with E-state index in [-0.39, 0.29) is 24.2 Å². The van der Waals surface area contributed by atoms with Gasteiger partial charge in [-0.15, -0.1) is 0 Å². The molecule has 0 radical (unpaired) electrons. The number of benzene rings is 1. The third kappa shape index (κ3) is 3.58. The maximum atomic E-state index is 13.7. The van der Waals surface area contributed by atoms with Crippen LogP contribution in [0.2, 0.25) is 0 Å². The van der Waals surface area contributed by atoms with Crippen LogP contribution in [-0.4, -0.2) is 101 Å². The first-order chi connectivity index (χ1) is 16.7. The first-order valence-corrected chi connectivity index (χ1v) is 13.3. The molecule has 0 aromatic heterocycles.